The molecule has 0 saturated heterocycles. The predicted octanol–water partition coefficient (Wildman–Crippen LogP) is 2.45. The molecule has 0 fully saturated rings. The number of benzene rings is 1. The molecule has 124 valence electrons. The maximum absolute atomic E-state index is 12.4. The highest BCUT2D eigenvalue weighted by Gasteiger charge is 2.16. The van der Waals surface area contributed by atoms with E-state index in [9.17, 15) is 4.79 Å². The minimum absolute atomic E-state index is 0.106. The van der Waals surface area contributed by atoms with Gasteiger partial charge in [-0.15, -0.1) is 0 Å². The molecule has 0 bridgehead atoms. The van der Waals surface area contributed by atoms with Crippen molar-refractivity contribution >= 4 is 17.6 Å². The van der Waals surface area contributed by atoms with E-state index in [1.165, 1.54) is 0 Å². The van der Waals surface area contributed by atoms with Gasteiger partial charge in [0.2, 0.25) is 0 Å². The van der Waals surface area contributed by atoms with Crippen LogP contribution >= 0.6 is 11.6 Å². The smallest absolute Gasteiger partial charge is 0.317 e. The highest BCUT2D eigenvalue weighted by Crippen LogP contribution is 2.17. The number of hydrogen-bond acceptors (Lipinski definition) is 3. The molecule has 5 nitrogen and oxygen atoms in total. The predicted molar refractivity (Wildman–Crippen MR) is 90.3 cm³/mol. The molecule has 1 N–H and O–H groups in total. The summed E-state index contributed by atoms with van der Waals surface area (Å²) in [7, 11) is 5.60. The van der Waals surface area contributed by atoms with E-state index in [-0.39, 0.29) is 12.1 Å². The van der Waals surface area contributed by atoms with Gasteiger partial charge in [0.05, 0.1) is 6.61 Å². The topological polar surface area (TPSA) is 44.8 Å². The van der Waals surface area contributed by atoms with Crippen molar-refractivity contribution in [1.29, 1.82) is 0 Å². The number of likely N-dealkylation sites (N-methyl/N-ethyl adjacent to an activating group) is 1. The number of rotatable bonds is 8. The van der Waals surface area contributed by atoms with Crippen LogP contribution in [0.2, 0.25) is 5.02 Å². The molecule has 0 radical (unpaired) electrons. The Labute approximate surface area is 138 Å². The molecule has 1 aromatic rings. The van der Waals surface area contributed by atoms with Crippen LogP contribution in [-0.4, -0.2) is 62.8 Å². The van der Waals surface area contributed by atoms with Crippen LogP contribution in [0.3, 0.4) is 0 Å². The van der Waals surface area contributed by atoms with Crippen molar-refractivity contribution in [2.24, 2.45) is 0 Å². The molecular weight excluding hydrogens is 302 g/mol. The Morgan fingerprint density at radius 1 is 1.36 bits per heavy atom. The minimum Gasteiger partial charge on any atom is -0.383 e. The molecule has 0 aromatic heterocycles. The van der Waals surface area contributed by atoms with E-state index in [2.05, 4.69) is 17.1 Å². The Bertz CT molecular complexity index is 468. The first-order chi connectivity index (χ1) is 10.5. The zero-order valence-electron chi connectivity index (χ0n) is 13.8. The third kappa shape index (κ3) is 6.22. The van der Waals surface area contributed by atoms with Crippen molar-refractivity contribution in [1.82, 2.24) is 15.1 Å². The summed E-state index contributed by atoms with van der Waals surface area (Å²) in [5.74, 6) is 0. The molecule has 0 aliphatic heterocycles. The van der Waals surface area contributed by atoms with Gasteiger partial charge in [-0.25, -0.2) is 4.79 Å². The molecular formula is C16H26ClN3O2. The van der Waals surface area contributed by atoms with Gasteiger partial charge in [0.15, 0.2) is 0 Å². The van der Waals surface area contributed by atoms with Crippen molar-refractivity contribution in [3.63, 3.8) is 0 Å². The van der Waals surface area contributed by atoms with Crippen LogP contribution < -0.4 is 5.32 Å². The number of nitrogens with one attached hydrogen (secondary N) is 1. The van der Waals surface area contributed by atoms with Crippen LogP contribution in [0.25, 0.3) is 0 Å². The molecule has 1 rings (SSSR count). The van der Waals surface area contributed by atoms with Crippen molar-refractivity contribution in [3.05, 3.63) is 34.9 Å². The van der Waals surface area contributed by atoms with Crippen LogP contribution in [0, 0.1) is 0 Å². The second kappa shape index (κ2) is 9.66. The minimum atomic E-state index is -0.106. The van der Waals surface area contributed by atoms with Crippen LogP contribution in [0.15, 0.2) is 24.3 Å². The summed E-state index contributed by atoms with van der Waals surface area (Å²) in [6, 6.07) is 7.72. The highest BCUT2D eigenvalue weighted by molar-refractivity contribution is 6.31. The monoisotopic (exact) mass is 327 g/mol. The van der Waals surface area contributed by atoms with E-state index in [4.69, 9.17) is 16.3 Å². The van der Waals surface area contributed by atoms with Gasteiger partial charge in [-0.05, 0) is 32.6 Å². The van der Waals surface area contributed by atoms with Gasteiger partial charge in [0.1, 0.15) is 0 Å². The van der Waals surface area contributed by atoms with Crippen molar-refractivity contribution in [2.45, 2.75) is 19.5 Å². The average molecular weight is 328 g/mol. The Balaban J connectivity index is 2.67. The lowest BCUT2D eigenvalue weighted by Crippen LogP contribution is -2.45. The lowest BCUT2D eigenvalue weighted by molar-refractivity contribution is 0.145. The van der Waals surface area contributed by atoms with E-state index < -0.39 is 0 Å². The molecule has 0 unspecified atom stereocenters. The van der Waals surface area contributed by atoms with Gasteiger partial charge in [-0.1, -0.05) is 29.8 Å². The maximum atomic E-state index is 12.4. The Morgan fingerprint density at radius 3 is 2.64 bits per heavy atom. The molecule has 1 aromatic carbocycles. The van der Waals surface area contributed by atoms with E-state index >= 15 is 0 Å². The lowest BCUT2D eigenvalue weighted by atomic mass is 10.2. The lowest BCUT2D eigenvalue weighted by Gasteiger charge is -2.26. The number of carbonyl (C=O) groups excluding carboxylic acids is 1. The zero-order chi connectivity index (χ0) is 16.5. The number of hydrogen-bond donors (Lipinski definition) is 1. The number of urea groups is 1. The SMILES string of the molecule is COCCN(Cc1ccccc1Cl)C(=O)NC[C@H](C)N(C)C. The number of carbonyl (C=O) groups is 1. The molecule has 0 spiro atoms. The number of amides is 2. The van der Waals surface area contributed by atoms with Crippen LogP contribution in [-0.2, 0) is 11.3 Å². The van der Waals surface area contributed by atoms with Crippen LogP contribution in [0.4, 0.5) is 4.79 Å². The number of ether oxygens (including phenoxy) is 1. The summed E-state index contributed by atoms with van der Waals surface area (Å²) in [5.41, 5.74) is 0.927. The van der Waals surface area contributed by atoms with Gasteiger partial charge in [0.25, 0.3) is 0 Å². The van der Waals surface area contributed by atoms with E-state index in [0.29, 0.717) is 31.3 Å². The fraction of sp³-hybridized carbons (Fsp3) is 0.562. The fourth-order valence-electron chi connectivity index (χ4n) is 1.82. The molecule has 0 saturated carbocycles. The van der Waals surface area contributed by atoms with Crippen molar-refractivity contribution in [2.75, 3.05) is 40.9 Å². The quantitative estimate of drug-likeness (QED) is 0.797. The summed E-state index contributed by atoms with van der Waals surface area (Å²) in [4.78, 5) is 16.2. The first kappa shape index (κ1) is 18.7. The summed E-state index contributed by atoms with van der Waals surface area (Å²) < 4.78 is 5.09. The summed E-state index contributed by atoms with van der Waals surface area (Å²) in [6.45, 7) is 4.13. The third-order valence-electron chi connectivity index (χ3n) is 3.60. The van der Waals surface area contributed by atoms with Gasteiger partial charge in [-0.2, -0.15) is 0 Å². The normalized spacial score (nSPS) is 12.3. The summed E-state index contributed by atoms with van der Waals surface area (Å²) >= 11 is 6.18. The van der Waals surface area contributed by atoms with Gasteiger partial charge < -0.3 is 19.9 Å². The zero-order valence-corrected chi connectivity index (χ0v) is 14.6. The second-order valence-electron chi connectivity index (χ2n) is 5.50. The Morgan fingerprint density at radius 2 is 2.05 bits per heavy atom. The maximum Gasteiger partial charge on any atom is 0.317 e. The molecule has 0 aliphatic rings. The fourth-order valence-corrected chi connectivity index (χ4v) is 2.01. The largest absolute Gasteiger partial charge is 0.383 e. The van der Waals surface area contributed by atoms with E-state index in [1.54, 1.807) is 12.0 Å². The second-order valence-corrected chi connectivity index (χ2v) is 5.91. The summed E-state index contributed by atoms with van der Waals surface area (Å²) in [6.07, 6.45) is 0. The van der Waals surface area contributed by atoms with E-state index in [1.807, 2.05) is 38.4 Å². The first-order valence-corrected chi connectivity index (χ1v) is 7.75. The Hall–Kier alpha value is -1.30. The molecule has 0 heterocycles. The van der Waals surface area contributed by atoms with Crippen LogP contribution in [0.5, 0.6) is 0 Å². The van der Waals surface area contributed by atoms with Crippen LogP contribution in [0.1, 0.15) is 12.5 Å². The van der Waals surface area contributed by atoms with Crippen molar-refractivity contribution < 1.29 is 9.53 Å². The average Bonchev–Trinajstić information content (AvgIpc) is 2.50. The third-order valence-corrected chi connectivity index (χ3v) is 3.97. The number of halogens is 1. The standard InChI is InChI=1S/C16H26ClN3O2/c1-13(19(2)3)11-18-16(21)20(9-10-22-4)12-14-7-5-6-8-15(14)17/h5-8,13H,9-12H2,1-4H3,(H,18,21)/t13-/m0/s1. The van der Waals surface area contributed by atoms with Gasteiger partial charge >= 0.3 is 6.03 Å². The molecule has 6 heteroatoms. The molecule has 2 amide bonds. The van der Waals surface area contributed by atoms with Gasteiger partial charge in [0, 0.05) is 37.8 Å². The summed E-state index contributed by atoms with van der Waals surface area (Å²) in [5, 5.41) is 3.63. The molecule has 22 heavy (non-hydrogen) atoms. The van der Waals surface area contributed by atoms with Gasteiger partial charge in [-0.3, -0.25) is 0 Å². The number of methoxy groups -OCH3 is 1. The van der Waals surface area contributed by atoms with Crippen molar-refractivity contribution in [3.8, 4) is 0 Å². The molecule has 1 atom stereocenters. The highest BCUT2D eigenvalue weighted by atomic mass is 35.5. The number of nitrogens with zero attached hydrogens (tertiary/aromatic N) is 2. The molecule has 0 aliphatic carbocycles. The first-order valence-electron chi connectivity index (χ1n) is 7.37. The van der Waals surface area contributed by atoms with E-state index in [0.717, 1.165) is 5.56 Å². The Kier molecular flexibility index (Phi) is 8.24.